The second-order valence-electron chi connectivity index (χ2n) is 8.38. The Kier molecular flexibility index (Phi) is 6.96. The maximum atomic E-state index is 12.4. The highest BCUT2D eigenvalue weighted by Crippen LogP contribution is 2.48. The second kappa shape index (κ2) is 9.68. The zero-order valence-corrected chi connectivity index (χ0v) is 19.5. The Morgan fingerprint density at radius 2 is 1.70 bits per heavy atom. The van der Waals surface area contributed by atoms with Crippen LogP contribution in [0.3, 0.4) is 0 Å². The Hall–Kier alpha value is -3.94. The SMILES string of the molecule is CC(=Nc1c(Nc2cccc(C(=O)N(C)C)c2O)c(O)n(Cc2ccccc2)c1O)C(C)C. The maximum absolute atomic E-state index is 12.4. The molecule has 1 heterocycles. The van der Waals surface area contributed by atoms with Gasteiger partial charge < -0.3 is 25.5 Å². The Labute approximate surface area is 193 Å². The largest absolute Gasteiger partial charge is 0.505 e. The predicted molar refractivity (Wildman–Crippen MR) is 130 cm³/mol. The van der Waals surface area contributed by atoms with E-state index in [0.717, 1.165) is 11.3 Å². The van der Waals surface area contributed by atoms with E-state index >= 15 is 0 Å². The van der Waals surface area contributed by atoms with Gasteiger partial charge in [-0.3, -0.25) is 9.36 Å². The highest BCUT2D eigenvalue weighted by Gasteiger charge is 2.25. The molecule has 8 nitrogen and oxygen atoms in total. The van der Waals surface area contributed by atoms with Crippen molar-refractivity contribution >= 4 is 28.7 Å². The number of aromatic nitrogens is 1. The summed E-state index contributed by atoms with van der Waals surface area (Å²) >= 11 is 0. The lowest BCUT2D eigenvalue weighted by Crippen LogP contribution is -2.21. The van der Waals surface area contributed by atoms with E-state index in [4.69, 9.17) is 0 Å². The number of rotatable bonds is 7. The molecule has 2 aromatic carbocycles. The second-order valence-corrected chi connectivity index (χ2v) is 8.38. The van der Waals surface area contributed by atoms with Crippen LogP contribution in [0.25, 0.3) is 0 Å². The number of carbonyl (C=O) groups is 1. The molecule has 1 aromatic heterocycles. The molecule has 8 heteroatoms. The summed E-state index contributed by atoms with van der Waals surface area (Å²) in [5, 5.41) is 35.7. The highest BCUT2D eigenvalue weighted by molar-refractivity contribution is 5.99. The van der Waals surface area contributed by atoms with Crippen LogP contribution in [0.4, 0.5) is 17.1 Å². The minimum atomic E-state index is -0.362. The summed E-state index contributed by atoms with van der Waals surface area (Å²) in [5.41, 5.74) is 2.23. The van der Waals surface area contributed by atoms with Crippen molar-refractivity contribution in [3.05, 3.63) is 59.7 Å². The number of hydrogen-bond acceptors (Lipinski definition) is 6. The molecule has 33 heavy (non-hydrogen) atoms. The monoisotopic (exact) mass is 450 g/mol. The molecule has 0 saturated carbocycles. The van der Waals surface area contributed by atoms with E-state index in [-0.39, 0.29) is 58.5 Å². The van der Waals surface area contributed by atoms with E-state index in [1.807, 2.05) is 51.1 Å². The molecule has 1 amide bonds. The van der Waals surface area contributed by atoms with Crippen LogP contribution >= 0.6 is 0 Å². The number of nitrogens with zero attached hydrogens (tertiary/aromatic N) is 3. The van der Waals surface area contributed by atoms with Crippen molar-refractivity contribution in [3.63, 3.8) is 0 Å². The topological polar surface area (TPSA) is 110 Å². The zero-order chi connectivity index (χ0) is 24.3. The molecule has 3 aromatic rings. The van der Waals surface area contributed by atoms with Gasteiger partial charge in [0.15, 0.2) is 11.4 Å². The van der Waals surface area contributed by atoms with E-state index in [2.05, 4.69) is 10.3 Å². The summed E-state index contributed by atoms with van der Waals surface area (Å²) in [4.78, 5) is 18.3. The first-order valence-corrected chi connectivity index (χ1v) is 10.7. The number of nitrogens with one attached hydrogen (secondary N) is 1. The number of carbonyl (C=O) groups excluding carboxylic acids is 1. The van der Waals surface area contributed by atoms with Gasteiger partial charge in [-0.05, 0) is 30.5 Å². The Bertz CT molecular complexity index is 1180. The van der Waals surface area contributed by atoms with Crippen LogP contribution in [0, 0.1) is 5.92 Å². The van der Waals surface area contributed by atoms with Gasteiger partial charge in [-0.1, -0.05) is 50.2 Å². The van der Waals surface area contributed by atoms with Crippen molar-refractivity contribution in [2.24, 2.45) is 10.9 Å². The van der Waals surface area contributed by atoms with Gasteiger partial charge in [0, 0.05) is 19.8 Å². The van der Waals surface area contributed by atoms with Gasteiger partial charge in [-0.2, -0.15) is 0 Å². The van der Waals surface area contributed by atoms with Crippen LogP contribution in [0.15, 0.2) is 53.5 Å². The molecule has 0 saturated heterocycles. The molecule has 0 unspecified atom stereocenters. The molecule has 0 radical (unpaired) electrons. The van der Waals surface area contributed by atoms with Crippen molar-refractivity contribution in [2.75, 3.05) is 19.4 Å². The van der Waals surface area contributed by atoms with Gasteiger partial charge >= 0.3 is 0 Å². The average molecular weight is 451 g/mol. The van der Waals surface area contributed by atoms with Crippen molar-refractivity contribution in [1.82, 2.24) is 9.47 Å². The van der Waals surface area contributed by atoms with E-state index in [1.54, 1.807) is 26.2 Å². The van der Waals surface area contributed by atoms with Crippen molar-refractivity contribution in [2.45, 2.75) is 27.3 Å². The molecule has 0 aliphatic rings. The summed E-state index contributed by atoms with van der Waals surface area (Å²) in [6.45, 7) is 6.01. The zero-order valence-electron chi connectivity index (χ0n) is 19.5. The Morgan fingerprint density at radius 3 is 2.30 bits per heavy atom. The number of phenolic OH excluding ortho intramolecular Hbond substituents is 1. The van der Waals surface area contributed by atoms with Gasteiger partial charge in [0.2, 0.25) is 11.8 Å². The molecule has 0 bridgehead atoms. The summed E-state index contributed by atoms with van der Waals surface area (Å²) in [7, 11) is 3.19. The van der Waals surface area contributed by atoms with E-state index in [1.165, 1.54) is 15.5 Å². The number of para-hydroxylation sites is 1. The third-order valence-electron chi connectivity index (χ3n) is 5.42. The fourth-order valence-corrected chi connectivity index (χ4v) is 3.22. The van der Waals surface area contributed by atoms with Crippen molar-refractivity contribution in [1.29, 1.82) is 0 Å². The normalized spacial score (nSPS) is 11.6. The lowest BCUT2D eigenvalue weighted by atomic mass is 10.1. The van der Waals surface area contributed by atoms with Gasteiger partial charge in [0.25, 0.3) is 5.91 Å². The average Bonchev–Trinajstić information content (AvgIpc) is 2.99. The quantitative estimate of drug-likeness (QED) is 0.304. The van der Waals surface area contributed by atoms with Crippen LogP contribution in [-0.2, 0) is 6.54 Å². The fourth-order valence-electron chi connectivity index (χ4n) is 3.22. The number of hydrogen-bond donors (Lipinski definition) is 4. The van der Waals surface area contributed by atoms with Crippen LogP contribution in [0.2, 0.25) is 0 Å². The number of aliphatic imine (C=N–C) groups is 1. The van der Waals surface area contributed by atoms with E-state index < -0.39 is 0 Å². The molecule has 0 aliphatic carbocycles. The summed E-state index contributed by atoms with van der Waals surface area (Å²) in [5.74, 6) is -0.958. The Balaban J connectivity index is 2.13. The third-order valence-corrected chi connectivity index (χ3v) is 5.42. The van der Waals surface area contributed by atoms with Gasteiger partial charge in [0.1, 0.15) is 5.69 Å². The fraction of sp³-hybridized carbons (Fsp3) is 0.280. The molecule has 0 fully saturated rings. The third kappa shape index (κ3) is 4.95. The minimum absolute atomic E-state index is 0.112. The molecule has 174 valence electrons. The van der Waals surface area contributed by atoms with E-state index in [0.29, 0.717) is 0 Å². The summed E-state index contributed by atoms with van der Waals surface area (Å²) in [6.07, 6.45) is 0. The van der Waals surface area contributed by atoms with Crippen LogP contribution in [0.5, 0.6) is 17.5 Å². The first kappa shape index (κ1) is 23.7. The highest BCUT2D eigenvalue weighted by atomic mass is 16.3. The van der Waals surface area contributed by atoms with Gasteiger partial charge in [-0.15, -0.1) is 0 Å². The van der Waals surface area contributed by atoms with Gasteiger partial charge in [-0.25, -0.2) is 4.99 Å². The summed E-state index contributed by atoms with van der Waals surface area (Å²) in [6, 6.07) is 14.1. The van der Waals surface area contributed by atoms with Crippen LogP contribution < -0.4 is 5.32 Å². The molecule has 3 rings (SSSR count). The van der Waals surface area contributed by atoms with Crippen LogP contribution in [-0.4, -0.2) is 50.5 Å². The standard InChI is InChI=1S/C25H30N4O4/c1-15(2)16(3)26-20-21(25(33)29(24(20)32)14-17-10-7-6-8-11-17)27-19-13-9-12-18(22(19)30)23(31)28(4)5/h6-13,15,27,30,32-33H,14H2,1-5H3. The molecule has 0 spiro atoms. The molecule has 0 aliphatic heterocycles. The number of phenols is 1. The predicted octanol–water partition coefficient (Wildman–Crippen LogP) is 4.85. The first-order valence-electron chi connectivity index (χ1n) is 10.7. The molecule has 0 atom stereocenters. The molecule has 4 N–H and O–H groups in total. The number of anilines is 2. The lowest BCUT2D eigenvalue weighted by molar-refractivity contribution is 0.0824. The number of amides is 1. The van der Waals surface area contributed by atoms with Crippen molar-refractivity contribution < 1.29 is 20.1 Å². The van der Waals surface area contributed by atoms with Gasteiger partial charge in [0.05, 0.1) is 17.8 Å². The Morgan fingerprint density at radius 1 is 1.03 bits per heavy atom. The summed E-state index contributed by atoms with van der Waals surface area (Å²) < 4.78 is 1.34. The molecular formula is C25H30N4O4. The minimum Gasteiger partial charge on any atom is -0.505 e. The lowest BCUT2D eigenvalue weighted by Gasteiger charge is -2.15. The smallest absolute Gasteiger partial charge is 0.257 e. The first-order chi connectivity index (χ1) is 15.6. The van der Waals surface area contributed by atoms with Crippen LogP contribution in [0.1, 0.15) is 36.7 Å². The number of aromatic hydroxyl groups is 3. The number of benzene rings is 2. The van der Waals surface area contributed by atoms with Crippen molar-refractivity contribution in [3.8, 4) is 17.5 Å². The maximum Gasteiger partial charge on any atom is 0.257 e. The molecular weight excluding hydrogens is 420 g/mol. The van der Waals surface area contributed by atoms with E-state index in [9.17, 15) is 20.1 Å².